The maximum absolute atomic E-state index is 12.6. The van der Waals surface area contributed by atoms with Crippen LogP contribution in [0, 0.1) is 11.3 Å². The number of carbonyl (C=O) groups excluding carboxylic acids is 2. The highest BCUT2D eigenvalue weighted by molar-refractivity contribution is 8.15. The molecule has 164 valence electrons. The molecule has 9 nitrogen and oxygen atoms in total. The predicted octanol–water partition coefficient (Wildman–Crippen LogP) is 3.01. The number of nitrogens with zero attached hydrogens (tertiary/aromatic N) is 3. The molecular formula is C20H15ClN4O5S2. The maximum atomic E-state index is 12.6. The fourth-order valence-corrected chi connectivity index (χ4v) is 5.59. The lowest BCUT2D eigenvalue weighted by Crippen LogP contribution is -2.35. The Morgan fingerprint density at radius 1 is 1.31 bits per heavy atom. The van der Waals surface area contributed by atoms with Gasteiger partial charge in [-0.2, -0.15) is 5.26 Å². The van der Waals surface area contributed by atoms with Crippen molar-refractivity contribution < 1.29 is 22.7 Å². The van der Waals surface area contributed by atoms with E-state index in [1.54, 1.807) is 23.1 Å². The normalized spacial score (nSPS) is 16.8. The number of halogens is 1. The zero-order valence-corrected chi connectivity index (χ0v) is 18.9. The fourth-order valence-electron chi connectivity index (χ4n) is 3.07. The molecule has 1 N–H and O–H groups in total. The van der Waals surface area contributed by atoms with Gasteiger partial charge in [0.1, 0.15) is 6.07 Å². The minimum absolute atomic E-state index is 0.0721. The summed E-state index contributed by atoms with van der Waals surface area (Å²) in [5.41, 5.74) is 1.63. The summed E-state index contributed by atoms with van der Waals surface area (Å²) in [7, 11) is -3.47. The van der Waals surface area contributed by atoms with Gasteiger partial charge in [-0.15, -0.1) is 4.40 Å². The number of sulfonamides is 1. The number of amidine groups is 1. The smallest absolute Gasteiger partial charge is 0.338 e. The Balaban J connectivity index is 1.43. The molecule has 12 heteroatoms. The van der Waals surface area contributed by atoms with Crippen LogP contribution in [0.2, 0.25) is 5.02 Å². The van der Waals surface area contributed by atoms with Crippen molar-refractivity contribution in [3.8, 4) is 6.07 Å². The number of rotatable bonds is 4. The highest BCUT2D eigenvalue weighted by Crippen LogP contribution is 2.42. The standard InChI is InChI=1S/C20H15ClN4O5S2/c1-11(18(26)23-14-4-2-13(10-22)15(21)9-14)30-19(27)12-3-5-16-17(8-12)31-20-24-32(28,29)7-6-25(16)20/h2-5,8-9,11H,6-7H2,1H3,(H,23,26). The molecule has 0 spiro atoms. The minimum Gasteiger partial charge on any atom is -0.449 e. The number of esters is 1. The van der Waals surface area contributed by atoms with Gasteiger partial charge in [-0.25, -0.2) is 13.2 Å². The second-order valence-corrected chi connectivity index (χ2v) is 10.1. The Kier molecular flexibility index (Phi) is 5.85. The van der Waals surface area contributed by atoms with Crippen molar-refractivity contribution in [3.05, 3.63) is 52.5 Å². The summed E-state index contributed by atoms with van der Waals surface area (Å²) >= 11 is 7.12. The molecule has 0 bridgehead atoms. The van der Waals surface area contributed by atoms with Gasteiger partial charge in [0.15, 0.2) is 11.3 Å². The molecule has 2 aliphatic heterocycles. The molecule has 0 aromatic heterocycles. The van der Waals surface area contributed by atoms with Crippen LogP contribution >= 0.6 is 23.4 Å². The van der Waals surface area contributed by atoms with Gasteiger partial charge in [0.2, 0.25) is 0 Å². The summed E-state index contributed by atoms with van der Waals surface area (Å²) in [5.74, 6) is -1.34. The summed E-state index contributed by atoms with van der Waals surface area (Å²) < 4.78 is 32.5. The summed E-state index contributed by atoms with van der Waals surface area (Å²) in [6.07, 6.45) is -1.10. The van der Waals surface area contributed by atoms with E-state index in [9.17, 15) is 18.0 Å². The van der Waals surface area contributed by atoms with Crippen molar-refractivity contribution in [2.75, 3.05) is 22.5 Å². The number of amides is 1. The molecule has 0 saturated heterocycles. The molecule has 0 fully saturated rings. The fraction of sp³-hybridized carbons (Fsp3) is 0.200. The van der Waals surface area contributed by atoms with Crippen molar-refractivity contribution in [3.63, 3.8) is 0 Å². The molecule has 1 atom stereocenters. The summed E-state index contributed by atoms with van der Waals surface area (Å²) in [4.78, 5) is 27.4. The Labute approximate surface area is 193 Å². The zero-order valence-electron chi connectivity index (χ0n) is 16.5. The largest absolute Gasteiger partial charge is 0.449 e. The number of ether oxygens (including phenoxy) is 1. The molecule has 32 heavy (non-hydrogen) atoms. The maximum Gasteiger partial charge on any atom is 0.338 e. The van der Waals surface area contributed by atoms with Gasteiger partial charge in [0.25, 0.3) is 15.9 Å². The number of hydrogen-bond acceptors (Lipinski definition) is 8. The zero-order chi connectivity index (χ0) is 23.0. The SMILES string of the molecule is CC(OC(=O)c1ccc2c(c1)SC1=NS(=O)(=O)CCN12)C(=O)Nc1ccc(C#N)c(Cl)c1. The van der Waals surface area contributed by atoms with Gasteiger partial charge in [-0.1, -0.05) is 11.6 Å². The number of nitriles is 1. The number of carbonyl (C=O) groups is 2. The average molecular weight is 491 g/mol. The van der Waals surface area contributed by atoms with Crippen molar-refractivity contribution in [1.29, 1.82) is 5.26 Å². The lowest BCUT2D eigenvalue weighted by atomic mass is 10.2. The molecule has 1 amide bonds. The Bertz CT molecular complexity index is 1320. The van der Waals surface area contributed by atoms with Crippen molar-refractivity contribution in [1.82, 2.24) is 0 Å². The number of benzene rings is 2. The van der Waals surface area contributed by atoms with E-state index in [4.69, 9.17) is 21.6 Å². The second kappa shape index (κ2) is 8.46. The van der Waals surface area contributed by atoms with Crippen molar-refractivity contribution in [2.24, 2.45) is 4.40 Å². The van der Waals surface area contributed by atoms with E-state index < -0.39 is 28.0 Å². The molecule has 2 aliphatic rings. The Morgan fingerprint density at radius 3 is 2.81 bits per heavy atom. The van der Waals surface area contributed by atoms with Gasteiger partial charge >= 0.3 is 5.97 Å². The number of nitrogens with one attached hydrogen (secondary N) is 1. The van der Waals surface area contributed by atoms with Gasteiger partial charge in [0, 0.05) is 17.1 Å². The molecule has 1 unspecified atom stereocenters. The van der Waals surface area contributed by atoms with Gasteiger partial charge in [-0.05, 0) is 55.1 Å². The Hall–Kier alpha value is -3.07. The monoisotopic (exact) mass is 490 g/mol. The molecule has 0 aliphatic carbocycles. The van der Waals surface area contributed by atoms with E-state index in [0.29, 0.717) is 22.3 Å². The molecule has 2 aromatic rings. The third kappa shape index (κ3) is 4.43. The van der Waals surface area contributed by atoms with E-state index >= 15 is 0 Å². The molecule has 0 radical (unpaired) electrons. The minimum atomic E-state index is -3.47. The first-order chi connectivity index (χ1) is 15.2. The summed E-state index contributed by atoms with van der Waals surface area (Å²) in [6.45, 7) is 1.72. The summed E-state index contributed by atoms with van der Waals surface area (Å²) in [5, 5.41) is 12.0. The number of anilines is 2. The molecule has 4 rings (SSSR count). The third-order valence-electron chi connectivity index (χ3n) is 4.72. The second-order valence-electron chi connectivity index (χ2n) is 6.94. The lowest BCUT2D eigenvalue weighted by Gasteiger charge is -2.22. The average Bonchev–Trinajstić information content (AvgIpc) is 3.09. The topological polar surface area (TPSA) is 129 Å². The highest BCUT2D eigenvalue weighted by Gasteiger charge is 2.33. The summed E-state index contributed by atoms with van der Waals surface area (Å²) in [6, 6.07) is 11.2. The Morgan fingerprint density at radius 2 is 2.09 bits per heavy atom. The highest BCUT2D eigenvalue weighted by atomic mass is 35.5. The quantitative estimate of drug-likeness (QED) is 0.647. The number of hydrogen-bond donors (Lipinski definition) is 1. The van der Waals surface area contributed by atoms with Crippen LogP contribution in [0.5, 0.6) is 0 Å². The number of thioether (sulfide) groups is 1. The van der Waals surface area contributed by atoms with E-state index in [0.717, 1.165) is 17.4 Å². The van der Waals surface area contributed by atoms with E-state index in [-0.39, 0.29) is 21.9 Å². The van der Waals surface area contributed by atoms with Gasteiger partial charge in [-0.3, -0.25) is 4.79 Å². The first kappa shape index (κ1) is 22.1. The molecule has 2 heterocycles. The first-order valence-electron chi connectivity index (χ1n) is 9.30. The van der Waals surface area contributed by atoms with Crippen LogP contribution in [0.15, 0.2) is 45.7 Å². The van der Waals surface area contributed by atoms with E-state index in [1.165, 1.54) is 25.1 Å². The molecule has 2 aromatic carbocycles. The predicted molar refractivity (Wildman–Crippen MR) is 121 cm³/mol. The van der Waals surface area contributed by atoms with Crippen LogP contribution in [0.25, 0.3) is 0 Å². The van der Waals surface area contributed by atoms with Crippen molar-refractivity contribution in [2.45, 2.75) is 17.9 Å². The van der Waals surface area contributed by atoms with Crippen LogP contribution in [-0.2, 0) is 19.6 Å². The first-order valence-corrected chi connectivity index (χ1v) is 12.1. The molecule has 0 saturated carbocycles. The van der Waals surface area contributed by atoms with Crippen LogP contribution in [0.4, 0.5) is 11.4 Å². The van der Waals surface area contributed by atoms with Crippen LogP contribution in [-0.4, -0.2) is 43.9 Å². The van der Waals surface area contributed by atoms with Crippen LogP contribution in [0.3, 0.4) is 0 Å². The van der Waals surface area contributed by atoms with Crippen LogP contribution < -0.4 is 10.2 Å². The third-order valence-corrected chi connectivity index (χ3v) is 7.34. The van der Waals surface area contributed by atoms with Crippen molar-refractivity contribution >= 4 is 61.8 Å². The van der Waals surface area contributed by atoms with Gasteiger partial charge in [0.05, 0.1) is 27.6 Å². The van der Waals surface area contributed by atoms with E-state index in [1.807, 2.05) is 6.07 Å². The number of fused-ring (bicyclic) bond motifs is 3. The van der Waals surface area contributed by atoms with Crippen LogP contribution in [0.1, 0.15) is 22.8 Å². The van der Waals surface area contributed by atoms with Gasteiger partial charge < -0.3 is 15.0 Å². The van der Waals surface area contributed by atoms with E-state index in [2.05, 4.69) is 9.71 Å². The molecular weight excluding hydrogens is 476 g/mol. The lowest BCUT2D eigenvalue weighted by molar-refractivity contribution is -0.123.